The summed E-state index contributed by atoms with van der Waals surface area (Å²) in [6.07, 6.45) is 0. The van der Waals surface area contributed by atoms with E-state index in [1.165, 1.54) is 0 Å². The minimum Gasteiger partial charge on any atom is -0.302 e. The fraction of sp³-hybridized carbons (Fsp3) is 0.300. The van der Waals surface area contributed by atoms with Crippen molar-refractivity contribution in [1.29, 1.82) is 0 Å². The molecule has 0 spiro atoms. The number of aryl methyl sites for hydroxylation is 3. The molecular formula is C10H11N9O. The van der Waals surface area contributed by atoms with Crippen LogP contribution in [0.5, 0.6) is 0 Å². The van der Waals surface area contributed by atoms with Gasteiger partial charge in [0.1, 0.15) is 5.69 Å². The van der Waals surface area contributed by atoms with Gasteiger partial charge in [0.25, 0.3) is 11.9 Å². The molecule has 3 aromatic heterocycles. The zero-order chi connectivity index (χ0) is 14.1. The highest BCUT2D eigenvalue weighted by Gasteiger charge is 2.10. The molecule has 102 valence electrons. The highest BCUT2D eigenvalue weighted by molar-refractivity contribution is 5.48. The molecule has 0 fully saturated rings. The second-order valence-corrected chi connectivity index (χ2v) is 4.19. The Kier molecular flexibility index (Phi) is 2.82. The summed E-state index contributed by atoms with van der Waals surface area (Å²) in [5, 5.41) is 30.1. The average Bonchev–Trinajstić information content (AvgIpc) is 2.97. The van der Waals surface area contributed by atoms with Crippen LogP contribution in [0.2, 0.25) is 0 Å². The van der Waals surface area contributed by atoms with E-state index >= 15 is 0 Å². The predicted molar refractivity (Wildman–Crippen MR) is 66.5 cm³/mol. The van der Waals surface area contributed by atoms with Gasteiger partial charge < -0.3 is 5.32 Å². The summed E-state index contributed by atoms with van der Waals surface area (Å²) >= 11 is 0. The van der Waals surface area contributed by atoms with Gasteiger partial charge in [0, 0.05) is 5.69 Å². The minimum atomic E-state index is 0.203. The molecule has 0 aliphatic carbocycles. The maximum atomic E-state index is 4.56. The molecule has 0 aliphatic heterocycles. The van der Waals surface area contributed by atoms with Crippen molar-refractivity contribution in [1.82, 2.24) is 40.5 Å². The van der Waals surface area contributed by atoms with E-state index in [9.17, 15) is 0 Å². The fourth-order valence-electron chi connectivity index (χ4n) is 1.64. The Morgan fingerprint density at radius 1 is 1.05 bits per heavy atom. The largest absolute Gasteiger partial charge is 0.302 e. The molecule has 0 bridgehead atoms. The van der Waals surface area contributed by atoms with Crippen molar-refractivity contribution in [3.8, 4) is 5.95 Å². The summed E-state index contributed by atoms with van der Waals surface area (Å²) in [6, 6.07) is 1.92. The zero-order valence-electron chi connectivity index (χ0n) is 11.1. The normalized spacial score (nSPS) is 10.8. The first-order chi connectivity index (χ1) is 9.63. The third-order valence-corrected chi connectivity index (χ3v) is 2.55. The lowest BCUT2D eigenvalue weighted by Crippen LogP contribution is -2.10. The highest BCUT2D eigenvalue weighted by atomic mass is 16.6. The van der Waals surface area contributed by atoms with Gasteiger partial charge in [-0.2, -0.15) is 5.10 Å². The van der Waals surface area contributed by atoms with Crippen LogP contribution in [0.15, 0.2) is 10.7 Å². The zero-order valence-corrected chi connectivity index (χ0v) is 11.1. The van der Waals surface area contributed by atoms with Crippen molar-refractivity contribution in [3.05, 3.63) is 23.1 Å². The van der Waals surface area contributed by atoms with Gasteiger partial charge in [-0.1, -0.05) is 5.16 Å². The second-order valence-electron chi connectivity index (χ2n) is 4.19. The molecule has 10 heteroatoms. The SMILES string of the molecule is Cc1cc(C)n(-c2nnc(Nc3nonc3C)nn2)n1. The summed E-state index contributed by atoms with van der Waals surface area (Å²) < 4.78 is 6.13. The van der Waals surface area contributed by atoms with Gasteiger partial charge in [-0.15, -0.1) is 20.4 Å². The molecule has 0 aromatic carbocycles. The summed E-state index contributed by atoms with van der Waals surface area (Å²) in [5.74, 6) is 0.928. The Morgan fingerprint density at radius 3 is 2.35 bits per heavy atom. The number of nitrogens with one attached hydrogen (secondary N) is 1. The maximum absolute atomic E-state index is 4.56. The van der Waals surface area contributed by atoms with Crippen molar-refractivity contribution < 1.29 is 4.63 Å². The Hall–Kier alpha value is -2.91. The molecular weight excluding hydrogens is 262 g/mol. The lowest BCUT2D eigenvalue weighted by molar-refractivity contribution is 0.306. The smallest absolute Gasteiger partial charge is 0.289 e. The van der Waals surface area contributed by atoms with Crippen molar-refractivity contribution in [2.45, 2.75) is 20.8 Å². The molecule has 0 amide bonds. The van der Waals surface area contributed by atoms with Gasteiger partial charge in [-0.05, 0) is 32.0 Å². The monoisotopic (exact) mass is 273 g/mol. The Balaban J connectivity index is 1.85. The van der Waals surface area contributed by atoms with Gasteiger partial charge in [-0.3, -0.25) is 0 Å². The topological polar surface area (TPSA) is 120 Å². The van der Waals surface area contributed by atoms with Crippen molar-refractivity contribution >= 4 is 11.8 Å². The molecule has 0 unspecified atom stereocenters. The molecule has 10 nitrogen and oxygen atoms in total. The predicted octanol–water partition coefficient (Wildman–Crippen LogP) is 0.504. The van der Waals surface area contributed by atoms with Crippen LogP contribution in [0.4, 0.5) is 11.8 Å². The number of anilines is 2. The van der Waals surface area contributed by atoms with Crippen LogP contribution < -0.4 is 5.32 Å². The summed E-state index contributed by atoms with van der Waals surface area (Å²) in [5.41, 5.74) is 2.37. The van der Waals surface area contributed by atoms with Gasteiger partial charge in [-0.25, -0.2) is 9.31 Å². The molecule has 20 heavy (non-hydrogen) atoms. The third kappa shape index (κ3) is 2.18. The molecule has 3 heterocycles. The second kappa shape index (κ2) is 4.64. The standard InChI is InChI=1S/C10H11N9O/c1-5-4-6(2)19(16-5)10-14-12-9(13-15-10)11-8-7(3)17-20-18-8/h4H,1-3H3,(H,11,12,13,18). The van der Waals surface area contributed by atoms with E-state index in [1.54, 1.807) is 11.6 Å². The lowest BCUT2D eigenvalue weighted by Gasteiger charge is -2.02. The average molecular weight is 273 g/mol. The van der Waals surface area contributed by atoms with E-state index in [4.69, 9.17) is 0 Å². The van der Waals surface area contributed by atoms with Crippen LogP contribution in [0.1, 0.15) is 17.1 Å². The van der Waals surface area contributed by atoms with E-state index in [0.717, 1.165) is 11.4 Å². The van der Waals surface area contributed by atoms with E-state index < -0.39 is 0 Å². The van der Waals surface area contributed by atoms with E-state index in [2.05, 4.69) is 45.8 Å². The van der Waals surface area contributed by atoms with E-state index in [-0.39, 0.29) is 5.95 Å². The fourth-order valence-corrected chi connectivity index (χ4v) is 1.64. The Labute approximate surface area is 113 Å². The van der Waals surface area contributed by atoms with Crippen LogP contribution in [0.25, 0.3) is 5.95 Å². The quantitative estimate of drug-likeness (QED) is 0.727. The number of rotatable bonds is 3. The Bertz CT molecular complexity index is 730. The molecule has 0 saturated heterocycles. The van der Waals surface area contributed by atoms with Crippen LogP contribution in [0, 0.1) is 20.8 Å². The molecule has 0 saturated carbocycles. The molecule has 0 aliphatic rings. The van der Waals surface area contributed by atoms with Gasteiger partial charge in [0.2, 0.25) is 5.82 Å². The summed E-state index contributed by atoms with van der Waals surface area (Å²) in [6.45, 7) is 5.53. The first kappa shape index (κ1) is 12.1. The number of hydrogen-bond acceptors (Lipinski definition) is 9. The first-order valence-corrected chi connectivity index (χ1v) is 5.80. The minimum absolute atomic E-state index is 0.203. The van der Waals surface area contributed by atoms with Gasteiger partial charge >= 0.3 is 0 Å². The van der Waals surface area contributed by atoms with E-state index in [0.29, 0.717) is 17.5 Å². The van der Waals surface area contributed by atoms with Gasteiger partial charge in [0.05, 0.1) is 5.69 Å². The summed E-state index contributed by atoms with van der Waals surface area (Å²) in [7, 11) is 0. The van der Waals surface area contributed by atoms with Crippen LogP contribution in [-0.4, -0.2) is 40.5 Å². The van der Waals surface area contributed by atoms with Crippen LogP contribution in [-0.2, 0) is 0 Å². The number of aromatic nitrogens is 8. The molecule has 0 atom stereocenters. The number of nitrogens with zero attached hydrogens (tertiary/aromatic N) is 8. The van der Waals surface area contributed by atoms with Crippen LogP contribution >= 0.6 is 0 Å². The first-order valence-electron chi connectivity index (χ1n) is 5.80. The number of hydrogen-bond donors (Lipinski definition) is 1. The third-order valence-electron chi connectivity index (χ3n) is 2.55. The Morgan fingerprint density at radius 2 is 1.80 bits per heavy atom. The highest BCUT2D eigenvalue weighted by Crippen LogP contribution is 2.12. The van der Waals surface area contributed by atoms with Crippen molar-refractivity contribution in [2.24, 2.45) is 0 Å². The lowest BCUT2D eigenvalue weighted by atomic mass is 10.4. The summed E-state index contributed by atoms with van der Waals surface area (Å²) in [4.78, 5) is 0. The van der Waals surface area contributed by atoms with Crippen molar-refractivity contribution in [2.75, 3.05) is 5.32 Å². The molecule has 3 aromatic rings. The maximum Gasteiger partial charge on any atom is 0.289 e. The molecule has 3 rings (SSSR count). The van der Waals surface area contributed by atoms with E-state index in [1.807, 2.05) is 19.9 Å². The van der Waals surface area contributed by atoms with Gasteiger partial charge in [0.15, 0.2) is 0 Å². The van der Waals surface area contributed by atoms with Crippen molar-refractivity contribution in [3.63, 3.8) is 0 Å². The van der Waals surface area contributed by atoms with Crippen LogP contribution in [0.3, 0.4) is 0 Å². The molecule has 1 N–H and O–H groups in total. The molecule has 0 radical (unpaired) electrons.